The first-order chi connectivity index (χ1) is 8.94. The molecule has 2 amide bonds. The molecule has 1 heterocycles. The van der Waals surface area contributed by atoms with Crippen molar-refractivity contribution < 1.29 is 14.7 Å². The van der Waals surface area contributed by atoms with Crippen molar-refractivity contribution >= 4 is 12.0 Å². The summed E-state index contributed by atoms with van der Waals surface area (Å²) in [5.74, 6) is -1.00. The van der Waals surface area contributed by atoms with E-state index in [9.17, 15) is 9.59 Å². The topological polar surface area (TPSA) is 81.7 Å². The van der Waals surface area contributed by atoms with E-state index in [0.717, 1.165) is 25.6 Å². The van der Waals surface area contributed by atoms with Gasteiger partial charge in [-0.05, 0) is 32.6 Å². The van der Waals surface area contributed by atoms with Gasteiger partial charge in [0.25, 0.3) is 0 Å². The van der Waals surface area contributed by atoms with Gasteiger partial charge in [0.1, 0.15) is 5.54 Å². The molecule has 2 atom stereocenters. The lowest BCUT2D eigenvalue weighted by Crippen LogP contribution is -2.56. The summed E-state index contributed by atoms with van der Waals surface area (Å²) in [6.45, 7) is 5.19. The number of amides is 2. The number of carbonyl (C=O) groups excluding carboxylic acids is 1. The van der Waals surface area contributed by atoms with Gasteiger partial charge in [0.15, 0.2) is 0 Å². The lowest BCUT2D eigenvalue weighted by atomic mass is 10.00. The first-order valence-corrected chi connectivity index (χ1v) is 7.00. The maximum absolute atomic E-state index is 11.9. The lowest BCUT2D eigenvalue weighted by Gasteiger charge is -2.26. The van der Waals surface area contributed by atoms with Gasteiger partial charge in [-0.25, -0.2) is 9.59 Å². The molecule has 1 saturated heterocycles. The fourth-order valence-corrected chi connectivity index (χ4v) is 2.44. The van der Waals surface area contributed by atoms with Crippen LogP contribution in [0.1, 0.15) is 39.5 Å². The molecule has 6 nitrogen and oxygen atoms in total. The van der Waals surface area contributed by atoms with E-state index in [1.807, 2.05) is 0 Å². The molecular weight excluding hydrogens is 246 g/mol. The number of rotatable bonds is 5. The van der Waals surface area contributed by atoms with Crippen LogP contribution in [0.25, 0.3) is 0 Å². The first kappa shape index (κ1) is 14.1. The highest BCUT2D eigenvalue weighted by molar-refractivity contribution is 5.85. The number of carboxylic acids is 1. The summed E-state index contributed by atoms with van der Waals surface area (Å²) in [6, 6.07) is 0.472. The van der Waals surface area contributed by atoms with Gasteiger partial charge < -0.3 is 15.7 Å². The minimum absolute atomic E-state index is 0.135. The van der Waals surface area contributed by atoms with Crippen molar-refractivity contribution in [3.63, 3.8) is 0 Å². The number of likely N-dealkylation sites (tertiary alicyclic amines) is 1. The highest BCUT2D eigenvalue weighted by Gasteiger charge is 2.36. The van der Waals surface area contributed by atoms with E-state index in [-0.39, 0.29) is 12.1 Å². The fraction of sp³-hybridized carbons (Fsp3) is 0.846. The van der Waals surface area contributed by atoms with Crippen molar-refractivity contribution in [2.24, 2.45) is 0 Å². The second-order valence-electron chi connectivity index (χ2n) is 5.80. The van der Waals surface area contributed by atoms with Gasteiger partial charge in [0, 0.05) is 25.2 Å². The molecule has 108 valence electrons. The van der Waals surface area contributed by atoms with E-state index in [4.69, 9.17) is 5.11 Å². The third-order valence-corrected chi connectivity index (χ3v) is 4.19. The molecule has 19 heavy (non-hydrogen) atoms. The molecule has 2 rings (SSSR count). The predicted octanol–water partition coefficient (Wildman–Crippen LogP) is 0.776. The molecule has 1 saturated carbocycles. The number of hydrogen-bond donors (Lipinski definition) is 3. The van der Waals surface area contributed by atoms with Crippen molar-refractivity contribution in [3.8, 4) is 0 Å². The van der Waals surface area contributed by atoms with Gasteiger partial charge in [-0.15, -0.1) is 0 Å². The number of aliphatic carboxylic acids is 1. The van der Waals surface area contributed by atoms with Crippen molar-refractivity contribution in [2.45, 2.75) is 57.2 Å². The zero-order valence-corrected chi connectivity index (χ0v) is 11.6. The highest BCUT2D eigenvalue weighted by atomic mass is 16.4. The zero-order valence-electron chi connectivity index (χ0n) is 11.6. The van der Waals surface area contributed by atoms with Crippen LogP contribution in [0.4, 0.5) is 4.79 Å². The van der Waals surface area contributed by atoms with Gasteiger partial charge in [0.05, 0.1) is 0 Å². The summed E-state index contributed by atoms with van der Waals surface area (Å²) in [7, 11) is 0. The third kappa shape index (κ3) is 3.37. The molecule has 2 aliphatic rings. The number of carboxylic acid groups (broad SMARTS) is 1. The van der Waals surface area contributed by atoms with Crippen LogP contribution in [0.5, 0.6) is 0 Å². The molecular formula is C13H23N3O3. The predicted molar refractivity (Wildman–Crippen MR) is 71.0 cm³/mol. The van der Waals surface area contributed by atoms with Crippen LogP contribution in [-0.2, 0) is 4.79 Å². The van der Waals surface area contributed by atoms with Gasteiger partial charge in [-0.3, -0.25) is 4.90 Å². The summed E-state index contributed by atoms with van der Waals surface area (Å²) >= 11 is 0. The van der Waals surface area contributed by atoms with E-state index in [2.05, 4.69) is 15.5 Å². The molecule has 0 spiro atoms. The Morgan fingerprint density at radius 3 is 2.58 bits per heavy atom. The number of hydrogen-bond acceptors (Lipinski definition) is 3. The fourth-order valence-electron chi connectivity index (χ4n) is 2.44. The third-order valence-electron chi connectivity index (χ3n) is 4.19. The quantitative estimate of drug-likeness (QED) is 0.689. The second kappa shape index (κ2) is 5.36. The van der Waals surface area contributed by atoms with Crippen LogP contribution in [0.15, 0.2) is 0 Å². The molecule has 1 aliphatic heterocycles. The minimum Gasteiger partial charge on any atom is -0.480 e. The van der Waals surface area contributed by atoms with E-state index >= 15 is 0 Å². The van der Waals surface area contributed by atoms with E-state index in [1.165, 1.54) is 19.8 Å². The number of carbonyl (C=O) groups is 2. The number of nitrogens with zero attached hydrogens (tertiary/aromatic N) is 1. The summed E-state index contributed by atoms with van der Waals surface area (Å²) in [6.07, 6.45) is 3.84. The number of nitrogens with one attached hydrogen (secondary N) is 2. The van der Waals surface area contributed by atoms with Crippen molar-refractivity contribution in [1.29, 1.82) is 0 Å². The Hall–Kier alpha value is -1.30. The van der Waals surface area contributed by atoms with Gasteiger partial charge in [-0.2, -0.15) is 0 Å². The van der Waals surface area contributed by atoms with Crippen LogP contribution in [0.3, 0.4) is 0 Å². The molecule has 2 unspecified atom stereocenters. The maximum Gasteiger partial charge on any atom is 0.329 e. The summed E-state index contributed by atoms with van der Waals surface area (Å²) in [4.78, 5) is 25.4. The zero-order chi connectivity index (χ0) is 14.0. The molecule has 1 aliphatic carbocycles. The molecule has 0 aromatic carbocycles. The maximum atomic E-state index is 11.9. The molecule has 0 bridgehead atoms. The Morgan fingerprint density at radius 2 is 2.05 bits per heavy atom. The Balaban J connectivity index is 1.79. The molecule has 2 fully saturated rings. The SMILES string of the molecule is CCC(C)(NC(=O)NC1CCN(C2CC2)C1)C(=O)O. The Bertz CT molecular complexity index is 370. The van der Waals surface area contributed by atoms with Crippen molar-refractivity contribution in [2.75, 3.05) is 13.1 Å². The number of urea groups is 1. The van der Waals surface area contributed by atoms with E-state index in [0.29, 0.717) is 6.42 Å². The van der Waals surface area contributed by atoms with Crippen LogP contribution in [0, 0.1) is 0 Å². The van der Waals surface area contributed by atoms with Gasteiger partial charge in [0.2, 0.25) is 0 Å². The summed E-state index contributed by atoms with van der Waals surface area (Å²) in [5, 5.41) is 14.6. The molecule has 3 N–H and O–H groups in total. The van der Waals surface area contributed by atoms with Crippen molar-refractivity contribution in [1.82, 2.24) is 15.5 Å². The lowest BCUT2D eigenvalue weighted by molar-refractivity contribution is -0.143. The summed E-state index contributed by atoms with van der Waals surface area (Å²) < 4.78 is 0. The van der Waals surface area contributed by atoms with E-state index < -0.39 is 11.5 Å². The largest absolute Gasteiger partial charge is 0.480 e. The Labute approximate surface area is 113 Å². The van der Waals surface area contributed by atoms with Crippen LogP contribution in [-0.4, -0.2) is 52.7 Å². The Morgan fingerprint density at radius 1 is 1.37 bits per heavy atom. The molecule has 0 radical (unpaired) electrons. The standard InChI is InChI=1S/C13H23N3O3/c1-3-13(2,11(17)18)15-12(19)14-9-6-7-16(8-9)10-4-5-10/h9-10H,3-8H2,1-2H3,(H,17,18)(H2,14,15,19). The molecule has 0 aromatic rings. The van der Waals surface area contributed by atoms with Gasteiger partial charge in [-0.1, -0.05) is 6.92 Å². The molecule has 0 aromatic heterocycles. The van der Waals surface area contributed by atoms with Crippen LogP contribution in [0.2, 0.25) is 0 Å². The van der Waals surface area contributed by atoms with Crippen molar-refractivity contribution in [3.05, 3.63) is 0 Å². The summed E-state index contributed by atoms with van der Waals surface area (Å²) in [5.41, 5.74) is -1.20. The van der Waals surface area contributed by atoms with E-state index in [1.54, 1.807) is 6.92 Å². The normalized spacial score (nSPS) is 26.7. The monoisotopic (exact) mass is 269 g/mol. The second-order valence-corrected chi connectivity index (χ2v) is 5.80. The van der Waals surface area contributed by atoms with Gasteiger partial charge >= 0.3 is 12.0 Å². The van der Waals surface area contributed by atoms with Crippen LogP contribution < -0.4 is 10.6 Å². The smallest absolute Gasteiger partial charge is 0.329 e. The average molecular weight is 269 g/mol. The Kier molecular flexibility index (Phi) is 3.99. The minimum atomic E-state index is -1.20. The van der Waals surface area contributed by atoms with Crippen LogP contribution >= 0.6 is 0 Å². The average Bonchev–Trinajstić information content (AvgIpc) is 3.10. The highest BCUT2D eigenvalue weighted by Crippen LogP contribution is 2.29. The molecule has 6 heteroatoms. The first-order valence-electron chi connectivity index (χ1n) is 7.00.